The van der Waals surface area contributed by atoms with Crippen molar-refractivity contribution >= 4 is 11.5 Å². The molecule has 3 N–H and O–H groups in total. The summed E-state index contributed by atoms with van der Waals surface area (Å²) in [6, 6.07) is 3.80. The number of hydrogen-bond donors (Lipinski definition) is 2. The molecule has 1 saturated heterocycles. The highest BCUT2D eigenvalue weighted by molar-refractivity contribution is 5.45. The van der Waals surface area contributed by atoms with Gasteiger partial charge in [-0.2, -0.15) is 0 Å². The first kappa shape index (κ1) is 12.2. The number of nitrogens with two attached hydrogens (primary N) is 1. The molecule has 2 rings (SSSR count). The molecule has 0 aliphatic carbocycles. The molecule has 1 aromatic rings. The summed E-state index contributed by atoms with van der Waals surface area (Å²) < 4.78 is 0. The van der Waals surface area contributed by atoms with Crippen LogP contribution in [0, 0.1) is 0 Å². The minimum absolute atomic E-state index is 0.572. The zero-order valence-electron chi connectivity index (χ0n) is 10.4. The standard InChI is InChI=1S/C13H22N4/c14-13-6-5-12(11-16-13)15-7-10-17-8-3-1-2-4-9-17/h5-6,11,15H,1-4,7-10H2,(H2,14,16). The normalized spacial score (nSPS) is 17.6. The molecule has 0 unspecified atom stereocenters. The van der Waals surface area contributed by atoms with Gasteiger partial charge in [0.05, 0.1) is 11.9 Å². The highest BCUT2D eigenvalue weighted by Gasteiger charge is 2.07. The van der Waals surface area contributed by atoms with Crippen LogP contribution in [0.1, 0.15) is 25.7 Å². The Labute approximate surface area is 103 Å². The molecule has 1 aliphatic heterocycles. The maximum atomic E-state index is 5.54. The molecule has 4 nitrogen and oxygen atoms in total. The summed E-state index contributed by atoms with van der Waals surface area (Å²) in [5.41, 5.74) is 6.59. The van der Waals surface area contributed by atoms with E-state index in [2.05, 4.69) is 15.2 Å². The summed E-state index contributed by atoms with van der Waals surface area (Å²) in [6.45, 7) is 4.60. The second-order valence-electron chi connectivity index (χ2n) is 4.65. The molecule has 0 amide bonds. The summed E-state index contributed by atoms with van der Waals surface area (Å²) >= 11 is 0. The Hall–Kier alpha value is -1.29. The van der Waals surface area contributed by atoms with Gasteiger partial charge in [0, 0.05) is 13.1 Å². The lowest BCUT2D eigenvalue weighted by atomic mass is 10.2. The summed E-state index contributed by atoms with van der Waals surface area (Å²) in [5.74, 6) is 0.572. The summed E-state index contributed by atoms with van der Waals surface area (Å²) in [4.78, 5) is 6.61. The predicted octanol–water partition coefficient (Wildman–Crippen LogP) is 1.95. The maximum absolute atomic E-state index is 5.54. The molecule has 0 radical (unpaired) electrons. The first-order valence-corrected chi connectivity index (χ1v) is 6.52. The summed E-state index contributed by atoms with van der Waals surface area (Å²) in [6.07, 6.45) is 7.28. The van der Waals surface area contributed by atoms with Gasteiger partial charge in [0.2, 0.25) is 0 Å². The fraction of sp³-hybridized carbons (Fsp3) is 0.615. The molecule has 0 bridgehead atoms. The third-order valence-corrected chi connectivity index (χ3v) is 3.24. The lowest BCUT2D eigenvalue weighted by Gasteiger charge is -2.20. The zero-order valence-corrected chi connectivity index (χ0v) is 10.4. The van der Waals surface area contributed by atoms with Crippen LogP contribution in [0.5, 0.6) is 0 Å². The number of nitrogen functional groups attached to an aromatic ring is 1. The molecule has 1 fully saturated rings. The van der Waals surface area contributed by atoms with E-state index >= 15 is 0 Å². The van der Waals surface area contributed by atoms with Crippen LogP contribution in [-0.4, -0.2) is 36.1 Å². The highest BCUT2D eigenvalue weighted by Crippen LogP contribution is 2.10. The van der Waals surface area contributed by atoms with E-state index in [4.69, 9.17) is 5.73 Å². The van der Waals surface area contributed by atoms with E-state index in [0.717, 1.165) is 18.8 Å². The van der Waals surface area contributed by atoms with Gasteiger partial charge >= 0.3 is 0 Å². The Morgan fingerprint density at radius 2 is 1.94 bits per heavy atom. The van der Waals surface area contributed by atoms with E-state index in [1.54, 1.807) is 6.20 Å². The topological polar surface area (TPSA) is 54.2 Å². The molecular formula is C13H22N4. The summed E-state index contributed by atoms with van der Waals surface area (Å²) in [7, 11) is 0. The molecule has 0 spiro atoms. The van der Waals surface area contributed by atoms with Crippen molar-refractivity contribution in [2.75, 3.05) is 37.2 Å². The van der Waals surface area contributed by atoms with Crippen LogP contribution in [0.4, 0.5) is 11.5 Å². The van der Waals surface area contributed by atoms with Gasteiger partial charge in [-0.1, -0.05) is 12.8 Å². The van der Waals surface area contributed by atoms with Gasteiger partial charge in [0.25, 0.3) is 0 Å². The van der Waals surface area contributed by atoms with Crippen LogP contribution in [0.3, 0.4) is 0 Å². The molecule has 4 heteroatoms. The van der Waals surface area contributed by atoms with Crippen LogP contribution in [0.25, 0.3) is 0 Å². The Kier molecular flexibility index (Phi) is 4.62. The number of pyridine rings is 1. The van der Waals surface area contributed by atoms with Gasteiger partial charge in [0.1, 0.15) is 5.82 Å². The average molecular weight is 234 g/mol. The molecule has 0 aromatic carbocycles. The Balaban J connectivity index is 1.69. The van der Waals surface area contributed by atoms with Gasteiger partial charge in [0.15, 0.2) is 0 Å². The van der Waals surface area contributed by atoms with Crippen molar-refractivity contribution in [1.82, 2.24) is 9.88 Å². The number of aromatic nitrogens is 1. The maximum Gasteiger partial charge on any atom is 0.123 e. The number of hydrogen-bond acceptors (Lipinski definition) is 4. The quantitative estimate of drug-likeness (QED) is 0.836. The van der Waals surface area contributed by atoms with Gasteiger partial charge < -0.3 is 16.0 Å². The van der Waals surface area contributed by atoms with Crippen molar-refractivity contribution in [2.24, 2.45) is 0 Å². The van der Waals surface area contributed by atoms with E-state index in [1.165, 1.54) is 38.8 Å². The lowest BCUT2D eigenvalue weighted by molar-refractivity contribution is 0.296. The zero-order chi connectivity index (χ0) is 11.9. The second kappa shape index (κ2) is 6.45. The number of likely N-dealkylation sites (tertiary alicyclic amines) is 1. The summed E-state index contributed by atoms with van der Waals surface area (Å²) in [5, 5.41) is 3.38. The monoisotopic (exact) mass is 234 g/mol. The van der Waals surface area contributed by atoms with E-state index in [-0.39, 0.29) is 0 Å². The molecular weight excluding hydrogens is 212 g/mol. The minimum Gasteiger partial charge on any atom is -0.384 e. The number of nitrogens with one attached hydrogen (secondary N) is 1. The number of nitrogens with zero attached hydrogens (tertiary/aromatic N) is 2. The first-order chi connectivity index (χ1) is 8.34. The van der Waals surface area contributed by atoms with E-state index in [0.29, 0.717) is 5.82 Å². The molecule has 0 saturated carbocycles. The SMILES string of the molecule is Nc1ccc(NCCN2CCCCCC2)cn1. The molecule has 17 heavy (non-hydrogen) atoms. The van der Waals surface area contributed by atoms with Crippen molar-refractivity contribution in [3.63, 3.8) is 0 Å². The van der Waals surface area contributed by atoms with E-state index < -0.39 is 0 Å². The fourth-order valence-electron chi connectivity index (χ4n) is 2.23. The Bertz CT molecular complexity index is 315. The molecule has 94 valence electrons. The molecule has 1 aliphatic rings. The van der Waals surface area contributed by atoms with Gasteiger partial charge in [-0.15, -0.1) is 0 Å². The van der Waals surface area contributed by atoms with Crippen molar-refractivity contribution in [1.29, 1.82) is 0 Å². The van der Waals surface area contributed by atoms with Gasteiger partial charge in [-0.05, 0) is 38.1 Å². The van der Waals surface area contributed by atoms with Crippen LogP contribution < -0.4 is 11.1 Å². The van der Waals surface area contributed by atoms with Crippen LogP contribution in [-0.2, 0) is 0 Å². The smallest absolute Gasteiger partial charge is 0.123 e. The lowest BCUT2D eigenvalue weighted by Crippen LogP contribution is -2.29. The molecule has 2 heterocycles. The number of anilines is 2. The Morgan fingerprint density at radius 3 is 2.59 bits per heavy atom. The van der Waals surface area contributed by atoms with Crippen molar-refractivity contribution < 1.29 is 0 Å². The molecule has 1 aromatic heterocycles. The van der Waals surface area contributed by atoms with Crippen molar-refractivity contribution in [2.45, 2.75) is 25.7 Å². The highest BCUT2D eigenvalue weighted by atomic mass is 15.1. The largest absolute Gasteiger partial charge is 0.384 e. The second-order valence-corrected chi connectivity index (χ2v) is 4.65. The van der Waals surface area contributed by atoms with E-state index in [1.807, 2.05) is 12.1 Å². The number of rotatable bonds is 4. The van der Waals surface area contributed by atoms with Crippen LogP contribution in [0.15, 0.2) is 18.3 Å². The van der Waals surface area contributed by atoms with E-state index in [9.17, 15) is 0 Å². The third kappa shape index (κ3) is 4.23. The third-order valence-electron chi connectivity index (χ3n) is 3.24. The Morgan fingerprint density at radius 1 is 1.18 bits per heavy atom. The predicted molar refractivity (Wildman–Crippen MR) is 72.0 cm³/mol. The first-order valence-electron chi connectivity index (χ1n) is 6.52. The van der Waals surface area contributed by atoms with Crippen LogP contribution >= 0.6 is 0 Å². The van der Waals surface area contributed by atoms with Crippen molar-refractivity contribution in [3.05, 3.63) is 18.3 Å². The van der Waals surface area contributed by atoms with Crippen molar-refractivity contribution in [3.8, 4) is 0 Å². The van der Waals surface area contributed by atoms with Crippen LogP contribution in [0.2, 0.25) is 0 Å². The fourth-order valence-corrected chi connectivity index (χ4v) is 2.23. The van der Waals surface area contributed by atoms with Gasteiger partial charge in [-0.25, -0.2) is 4.98 Å². The molecule has 0 atom stereocenters. The minimum atomic E-state index is 0.572. The van der Waals surface area contributed by atoms with Gasteiger partial charge in [-0.3, -0.25) is 0 Å². The average Bonchev–Trinajstić information content (AvgIpc) is 2.60.